The number of benzene rings is 2. The van der Waals surface area contributed by atoms with Crippen molar-refractivity contribution in [3.8, 4) is 0 Å². The molecule has 0 unspecified atom stereocenters. The van der Waals surface area contributed by atoms with Crippen LogP contribution >= 0.6 is 11.6 Å². The first-order valence-electron chi connectivity index (χ1n) is 6.46. The van der Waals surface area contributed by atoms with Gasteiger partial charge in [-0.1, -0.05) is 54.1 Å². The zero-order chi connectivity index (χ0) is 14.4. The minimum atomic E-state index is -0.0619. The zero-order valence-corrected chi connectivity index (χ0v) is 12.1. The van der Waals surface area contributed by atoms with Gasteiger partial charge in [0, 0.05) is 6.54 Å². The quantitative estimate of drug-likeness (QED) is 0.885. The van der Waals surface area contributed by atoms with Crippen LogP contribution in [0.5, 0.6) is 0 Å². The Morgan fingerprint density at radius 3 is 2.55 bits per heavy atom. The summed E-state index contributed by atoms with van der Waals surface area (Å²) in [5, 5.41) is 6.56. The molecule has 3 nitrogen and oxygen atoms in total. The van der Waals surface area contributed by atoms with Gasteiger partial charge in [0.25, 0.3) is 0 Å². The molecule has 0 aliphatic heterocycles. The molecule has 4 heteroatoms. The molecule has 2 N–H and O–H groups in total. The van der Waals surface area contributed by atoms with E-state index in [9.17, 15) is 4.79 Å². The molecule has 0 aliphatic rings. The van der Waals surface area contributed by atoms with Gasteiger partial charge >= 0.3 is 0 Å². The van der Waals surface area contributed by atoms with Crippen molar-refractivity contribution in [2.45, 2.75) is 13.5 Å². The maximum atomic E-state index is 11.8. The van der Waals surface area contributed by atoms with Crippen molar-refractivity contribution in [1.82, 2.24) is 5.32 Å². The number of hydrogen-bond acceptors (Lipinski definition) is 2. The molecule has 20 heavy (non-hydrogen) atoms. The summed E-state index contributed by atoms with van der Waals surface area (Å²) in [6, 6.07) is 15.5. The van der Waals surface area contributed by atoms with E-state index in [0.29, 0.717) is 11.6 Å². The van der Waals surface area contributed by atoms with Gasteiger partial charge in [0.1, 0.15) is 0 Å². The van der Waals surface area contributed by atoms with Crippen LogP contribution < -0.4 is 10.6 Å². The van der Waals surface area contributed by atoms with E-state index in [1.807, 2.05) is 49.4 Å². The lowest BCUT2D eigenvalue weighted by Crippen LogP contribution is -2.29. The van der Waals surface area contributed by atoms with Crippen molar-refractivity contribution in [3.05, 3.63) is 64.7 Å². The lowest BCUT2D eigenvalue weighted by atomic mass is 10.2. The van der Waals surface area contributed by atoms with E-state index in [1.165, 1.54) is 0 Å². The number of carbonyl (C=O) groups is 1. The number of anilines is 1. The minimum absolute atomic E-state index is 0.0619. The molecule has 0 bridgehead atoms. The van der Waals surface area contributed by atoms with Crippen molar-refractivity contribution < 1.29 is 4.79 Å². The highest BCUT2D eigenvalue weighted by molar-refractivity contribution is 6.33. The standard InChI is InChI=1S/C16H17ClN2O/c1-12-6-5-9-14(17)16(12)19-11-15(20)18-10-13-7-3-2-4-8-13/h2-9,19H,10-11H2,1H3,(H,18,20). The van der Waals surface area contributed by atoms with E-state index in [0.717, 1.165) is 16.8 Å². The molecule has 0 saturated carbocycles. The summed E-state index contributed by atoms with van der Waals surface area (Å²) in [6.07, 6.45) is 0. The molecule has 0 radical (unpaired) electrons. The maximum absolute atomic E-state index is 11.8. The molecule has 0 fully saturated rings. The van der Waals surface area contributed by atoms with E-state index in [-0.39, 0.29) is 12.5 Å². The van der Waals surface area contributed by atoms with Crippen molar-refractivity contribution in [1.29, 1.82) is 0 Å². The van der Waals surface area contributed by atoms with Crippen LogP contribution in [0.3, 0.4) is 0 Å². The topological polar surface area (TPSA) is 41.1 Å². The van der Waals surface area contributed by atoms with Gasteiger partial charge in [-0.25, -0.2) is 0 Å². The molecule has 0 spiro atoms. The largest absolute Gasteiger partial charge is 0.375 e. The Bertz CT molecular complexity index is 564. The van der Waals surface area contributed by atoms with Crippen LogP contribution in [0.15, 0.2) is 48.5 Å². The third-order valence-corrected chi connectivity index (χ3v) is 3.30. The summed E-state index contributed by atoms with van der Waals surface area (Å²) in [7, 11) is 0. The van der Waals surface area contributed by atoms with Crippen LogP contribution in [0.25, 0.3) is 0 Å². The Kier molecular flexibility index (Phi) is 5.02. The molecule has 1 amide bonds. The van der Waals surface area contributed by atoms with Gasteiger partial charge in [0.05, 0.1) is 17.3 Å². The lowest BCUT2D eigenvalue weighted by Gasteiger charge is -2.11. The van der Waals surface area contributed by atoms with Gasteiger partial charge in [0.15, 0.2) is 0 Å². The second-order valence-corrected chi connectivity index (χ2v) is 4.95. The molecule has 0 saturated heterocycles. The number of aryl methyl sites for hydroxylation is 1. The predicted octanol–water partition coefficient (Wildman–Crippen LogP) is 3.38. The van der Waals surface area contributed by atoms with Crippen LogP contribution in [0.2, 0.25) is 5.02 Å². The Labute approximate surface area is 124 Å². The normalized spacial score (nSPS) is 10.1. The fourth-order valence-electron chi connectivity index (χ4n) is 1.88. The maximum Gasteiger partial charge on any atom is 0.239 e. The summed E-state index contributed by atoms with van der Waals surface area (Å²) >= 11 is 6.09. The van der Waals surface area contributed by atoms with Gasteiger partial charge in [0.2, 0.25) is 5.91 Å². The van der Waals surface area contributed by atoms with Crippen molar-refractivity contribution >= 4 is 23.2 Å². The number of carbonyl (C=O) groups excluding carboxylic acids is 1. The zero-order valence-electron chi connectivity index (χ0n) is 11.3. The average molecular weight is 289 g/mol. The highest BCUT2D eigenvalue weighted by Crippen LogP contribution is 2.24. The Hall–Kier alpha value is -2.00. The summed E-state index contributed by atoms with van der Waals surface area (Å²) in [5.74, 6) is -0.0619. The van der Waals surface area contributed by atoms with Gasteiger partial charge in [-0.3, -0.25) is 4.79 Å². The van der Waals surface area contributed by atoms with Gasteiger partial charge < -0.3 is 10.6 Å². The van der Waals surface area contributed by atoms with Gasteiger partial charge in [-0.15, -0.1) is 0 Å². The Morgan fingerprint density at radius 2 is 1.85 bits per heavy atom. The molecule has 2 rings (SSSR count). The number of hydrogen-bond donors (Lipinski definition) is 2. The van der Waals surface area contributed by atoms with Crippen LogP contribution in [-0.2, 0) is 11.3 Å². The molecule has 0 aliphatic carbocycles. The highest BCUT2D eigenvalue weighted by Gasteiger charge is 2.06. The molecule has 2 aromatic carbocycles. The van der Waals surface area contributed by atoms with E-state index >= 15 is 0 Å². The molecule has 104 valence electrons. The Morgan fingerprint density at radius 1 is 1.10 bits per heavy atom. The van der Waals surface area contributed by atoms with Crippen LogP contribution in [0.4, 0.5) is 5.69 Å². The first-order valence-corrected chi connectivity index (χ1v) is 6.84. The molecule has 0 heterocycles. The van der Waals surface area contributed by atoms with Crippen LogP contribution in [0, 0.1) is 6.92 Å². The summed E-state index contributed by atoms with van der Waals surface area (Å²) in [4.78, 5) is 11.8. The molecule has 0 aromatic heterocycles. The summed E-state index contributed by atoms with van der Waals surface area (Å²) < 4.78 is 0. The number of para-hydroxylation sites is 1. The third kappa shape index (κ3) is 4.00. The van der Waals surface area contributed by atoms with Crippen LogP contribution in [-0.4, -0.2) is 12.5 Å². The number of rotatable bonds is 5. The summed E-state index contributed by atoms with van der Waals surface area (Å²) in [6.45, 7) is 2.69. The number of amides is 1. The first kappa shape index (κ1) is 14.4. The van der Waals surface area contributed by atoms with E-state index in [2.05, 4.69) is 10.6 Å². The minimum Gasteiger partial charge on any atom is -0.375 e. The third-order valence-electron chi connectivity index (χ3n) is 2.98. The first-order chi connectivity index (χ1) is 9.66. The van der Waals surface area contributed by atoms with Crippen molar-refractivity contribution in [3.63, 3.8) is 0 Å². The van der Waals surface area contributed by atoms with E-state index < -0.39 is 0 Å². The second-order valence-electron chi connectivity index (χ2n) is 4.55. The van der Waals surface area contributed by atoms with E-state index in [4.69, 9.17) is 11.6 Å². The fourth-order valence-corrected chi connectivity index (χ4v) is 2.17. The number of halogens is 1. The monoisotopic (exact) mass is 288 g/mol. The molecule has 2 aromatic rings. The fraction of sp³-hybridized carbons (Fsp3) is 0.188. The molecular weight excluding hydrogens is 272 g/mol. The van der Waals surface area contributed by atoms with Crippen molar-refractivity contribution in [2.75, 3.05) is 11.9 Å². The summed E-state index contributed by atoms with van der Waals surface area (Å²) in [5.41, 5.74) is 2.91. The smallest absolute Gasteiger partial charge is 0.239 e. The predicted molar refractivity (Wildman–Crippen MR) is 83.0 cm³/mol. The number of nitrogens with one attached hydrogen (secondary N) is 2. The van der Waals surface area contributed by atoms with Gasteiger partial charge in [-0.05, 0) is 24.1 Å². The second kappa shape index (κ2) is 6.96. The van der Waals surface area contributed by atoms with E-state index in [1.54, 1.807) is 6.07 Å². The SMILES string of the molecule is Cc1cccc(Cl)c1NCC(=O)NCc1ccccc1. The average Bonchev–Trinajstić information content (AvgIpc) is 2.46. The lowest BCUT2D eigenvalue weighted by molar-refractivity contribution is -0.119. The molecule has 0 atom stereocenters. The van der Waals surface area contributed by atoms with Crippen LogP contribution in [0.1, 0.15) is 11.1 Å². The van der Waals surface area contributed by atoms with Crippen molar-refractivity contribution in [2.24, 2.45) is 0 Å². The Balaban J connectivity index is 1.84. The molecular formula is C16H17ClN2O. The highest BCUT2D eigenvalue weighted by atomic mass is 35.5. The van der Waals surface area contributed by atoms with Gasteiger partial charge in [-0.2, -0.15) is 0 Å².